The lowest BCUT2D eigenvalue weighted by Crippen LogP contribution is -2.35. The van der Waals surface area contributed by atoms with Gasteiger partial charge in [0.2, 0.25) is 0 Å². The minimum Gasteiger partial charge on any atom is -0.496 e. The number of fused-ring (bicyclic) bond motifs is 1. The van der Waals surface area contributed by atoms with Crippen molar-refractivity contribution in [3.8, 4) is 5.75 Å². The Morgan fingerprint density at radius 1 is 1.29 bits per heavy atom. The summed E-state index contributed by atoms with van der Waals surface area (Å²) >= 11 is 0. The molecule has 2 aliphatic rings. The molecule has 0 aliphatic heterocycles. The molecule has 0 radical (unpaired) electrons. The van der Waals surface area contributed by atoms with Gasteiger partial charge in [-0.15, -0.1) is 0 Å². The van der Waals surface area contributed by atoms with Crippen LogP contribution in [0.4, 0.5) is 0 Å². The zero-order valence-corrected chi connectivity index (χ0v) is 10.5. The Kier molecular flexibility index (Phi) is 3.06. The van der Waals surface area contributed by atoms with Crippen LogP contribution in [0.5, 0.6) is 5.75 Å². The Labute approximate surface area is 103 Å². The fraction of sp³-hybridized carbons (Fsp3) is 0.600. The van der Waals surface area contributed by atoms with Gasteiger partial charge in [-0.1, -0.05) is 12.1 Å². The molecule has 3 rings (SSSR count). The molecule has 1 fully saturated rings. The van der Waals surface area contributed by atoms with Gasteiger partial charge < -0.3 is 10.1 Å². The van der Waals surface area contributed by atoms with Gasteiger partial charge in [-0.05, 0) is 61.8 Å². The summed E-state index contributed by atoms with van der Waals surface area (Å²) in [6, 6.07) is 7.09. The molecule has 0 saturated heterocycles. The molecule has 0 aromatic heterocycles. The van der Waals surface area contributed by atoms with Gasteiger partial charge in [0, 0.05) is 6.04 Å². The summed E-state index contributed by atoms with van der Waals surface area (Å²) in [6.45, 7) is 1.22. The summed E-state index contributed by atoms with van der Waals surface area (Å²) in [4.78, 5) is 0. The highest BCUT2D eigenvalue weighted by atomic mass is 16.5. The van der Waals surface area contributed by atoms with Gasteiger partial charge in [0.1, 0.15) is 5.75 Å². The van der Waals surface area contributed by atoms with Crippen LogP contribution < -0.4 is 10.1 Å². The molecule has 1 aromatic carbocycles. The monoisotopic (exact) mass is 231 g/mol. The third kappa shape index (κ3) is 2.47. The first-order valence-corrected chi connectivity index (χ1v) is 6.75. The highest BCUT2D eigenvalue weighted by Crippen LogP contribution is 2.31. The van der Waals surface area contributed by atoms with Crippen LogP contribution in [0.2, 0.25) is 0 Å². The quantitative estimate of drug-likeness (QED) is 0.860. The Balaban J connectivity index is 1.69. The molecule has 2 nitrogen and oxygen atoms in total. The van der Waals surface area contributed by atoms with Gasteiger partial charge in [0.25, 0.3) is 0 Å². The predicted molar refractivity (Wildman–Crippen MR) is 69.5 cm³/mol. The maximum absolute atomic E-state index is 5.47. The molecule has 0 spiro atoms. The maximum atomic E-state index is 5.47. The van der Waals surface area contributed by atoms with Crippen LogP contribution in [-0.4, -0.2) is 19.7 Å². The molecule has 17 heavy (non-hydrogen) atoms. The van der Waals surface area contributed by atoms with Gasteiger partial charge >= 0.3 is 0 Å². The Hall–Kier alpha value is -1.02. The zero-order chi connectivity index (χ0) is 11.7. The van der Waals surface area contributed by atoms with Crippen LogP contribution in [0.1, 0.15) is 30.4 Å². The van der Waals surface area contributed by atoms with E-state index >= 15 is 0 Å². The Morgan fingerprint density at radius 2 is 2.18 bits per heavy atom. The first-order valence-electron chi connectivity index (χ1n) is 6.75. The second-order valence-corrected chi connectivity index (χ2v) is 5.39. The minimum atomic E-state index is 0.652. The van der Waals surface area contributed by atoms with Crippen LogP contribution in [0.3, 0.4) is 0 Å². The lowest BCUT2D eigenvalue weighted by molar-refractivity contribution is 0.392. The highest BCUT2D eigenvalue weighted by Gasteiger charge is 2.25. The van der Waals surface area contributed by atoms with Gasteiger partial charge in [-0.3, -0.25) is 0 Å². The van der Waals surface area contributed by atoms with Crippen molar-refractivity contribution in [1.29, 1.82) is 0 Å². The first kappa shape index (κ1) is 11.1. The SMILES string of the molecule is COc1cccc2c1C[C@H](NCC1CC1)CC2. The average molecular weight is 231 g/mol. The molecule has 0 unspecified atom stereocenters. The number of hydrogen-bond donors (Lipinski definition) is 1. The summed E-state index contributed by atoms with van der Waals surface area (Å²) in [6.07, 6.45) is 6.45. The van der Waals surface area contributed by atoms with E-state index in [4.69, 9.17) is 4.74 Å². The molecule has 1 atom stereocenters. The molecule has 0 bridgehead atoms. The van der Waals surface area contributed by atoms with Crippen molar-refractivity contribution in [3.63, 3.8) is 0 Å². The maximum Gasteiger partial charge on any atom is 0.122 e. The standard InChI is InChI=1S/C15H21NO/c1-17-15-4-2-3-12-7-8-13(9-14(12)15)16-10-11-5-6-11/h2-4,11,13,16H,5-10H2,1H3/t13-/m1/s1. The minimum absolute atomic E-state index is 0.652. The van der Waals surface area contributed by atoms with Crippen molar-refractivity contribution in [2.75, 3.05) is 13.7 Å². The number of hydrogen-bond acceptors (Lipinski definition) is 2. The Morgan fingerprint density at radius 3 is 2.94 bits per heavy atom. The molecule has 0 amide bonds. The van der Waals surface area contributed by atoms with E-state index in [-0.39, 0.29) is 0 Å². The topological polar surface area (TPSA) is 21.3 Å². The second-order valence-electron chi connectivity index (χ2n) is 5.39. The summed E-state index contributed by atoms with van der Waals surface area (Å²) in [5.41, 5.74) is 2.91. The largest absolute Gasteiger partial charge is 0.496 e. The van der Waals surface area contributed by atoms with Gasteiger partial charge in [-0.2, -0.15) is 0 Å². The van der Waals surface area contributed by atoms with Gasteiger partial charge in [-0.25, -0.2) is 0 Å². The van der Waals surface area contributed by atoms with Gasteiger partial charge in [0.15, 0.2) is 0 Å². The summed E-state index contributed by atoms with van der Waals surface area (Å²) in [5.74, 6) is 2.04. The fourth-order valence-corrected chi connectivity index (χ4v) is 2.78. The number of aryl methyl sites for hydroxylation is 1. The number of ether oxygens (including phenoxy) is 1. The molecule has 2 heteroatoms. The van der Waals surface area contributed by atoms with E-state index in [0.717, 1.165) is 18.1 Å². The van der Waals surface area contributed by atoms with Crippen LogP contribution in [0, 0.1) is 5.92 Å². The predicted octanol–water partition coefficient (Wildman–Crippen LogP) is 2.55. The van der Waals surface area contributed by atoms with E-state index in [9.17, 15) is 0 Å². The number of methoxy groups -OCH3 is 1. The third-order valence-electron chi connectivity index (χ3n) is 4.05. The molecule has 1 N–H and O–H groups in total. The summed E-state index contributed by atoms with van der Waals surface area (Å²) < 4.78 is 5.47. The number of rotatable bonds is 4. The summed E-state index contributed by atoms with van der Waals surface area (Å²) in [7, 11) is 1.77. The highest BCUT2D eigenvalue weighted by molar-refractivity contribution is 5.42. The number of benzene rings is 1. The summed E-state index contributed by atoms with van der Waals surface area (Å²) in [5, 5.41) is 3.72. The lowest BCUT2D eigenvalue weighted by Gasteiger charge is -2.27. The lowest BCUT2D eigenvalue weighted by atomic mass is 9.87. The molecular weight excluding hydrogens is 210 g/mol. The van der Waals surface area contributed by atoms with E-state index < -0.39 is 0 Å². The smallest absolute Gasteiger partial charge is 0.122 e. The molecule has 1 saturated carbocycles. The fourth-order valence-electron chi connectivity index (χ4n) is 2.78. The molecule has 0 heterocycles. The first-order chi connectivity index (χ1) is 8.36. The van der Waals surface area contributed by atoms with Crippen molar-refractivity contribution in [2.45, 2.75) is 38.1 Å². The Bertz CT molecular complexity index is 384. The van der Waals surface area contributed by atoms with Crippen LogP contribution >= 0.6 is 0 Å². The van der Waals surface area contributed by atoms with Gasteiger partial charge in [0.05, 0.1) is 7.11 Å². The van der Waals surface area contributed by atoms with Crippen LogP contribution in [0.15, 0.2) is 18.2 Å². The second kappa shape index (κ2) is 4.69. The molecule has 2 aliphatic carbocycles. The molecule has 1 aromatic rings. The van der Waals surface area contributed by atoms with E-state index in [0.29, 0.717) is 6.04 Å². The third-order valence-corrected chi connectivity index (χ3v) is 4.05. The normalized spacial score (nSPS) is 23.2. The molecule has 92 valence electrons. The van der Waals surface area contributed by atoms with E-state index in [2.05, 4.69) is 23.5 Å². The van der Waals surface area contributed by atoms with E-state index in [1.54, 1.807) is 7.11 Å². The van der Waals surface area contributed by atoms with Crippen LogP contribution in [0.25, 0.3) is 0 Å². The molecular formula is C15H21NO. The van der Waals surface area contributed by atoms with Crippen molar-refractivity contribution in [2.24, 2.45) is 5.92 Å². The van der Waals surface area contributed by atoms with Crippen molar-refractivity contribution in [3.05, 3.63) is 29.3 Å². The van der Waals surface area contributed by atoms with Crippen molar-refractivity contribution in [1.82, 2.24) is 5.32 Å². The average Bonchev–Trinajstić information content (AvgIpc) is 3.19. The van der Waals surface area contributed by atoms with Crippen LogP contribution in [-0.2, 0) is 12.8 Å². The van der Waals surface area contributed by atoms with Crippen molar-refractivity contribution >= 4 is 0 Å². The number of nitrogens with one attached hydrogen (secondary N) is 1. The zero-order valence-electron chi connectivity index (χ0n) is 10.5. The van der Waals surface area contributed by atoms with E-state index in [1.165, 1.54) is 43.4 Å². The van der Waals surface area contributed by atoms with E-state index in [1.807, 2.05) is 0 Å². The van der Waals surface area contributed by atoms with Crippen molar-refractivity contribution < 1.29 is 4.74 Å².